The largest absolute Gasteiger partial charge is 0.464 e. The molecule has 0 spiro atoms. The van der Waals surface area contributed by atoms with E-state index in [0.717, 1.165) is 0 Å². The van der Waals surface area contributed by atoms with Gasteiger partial charge in [-0.15, -0.1) is 0 Å². The predicted molar refractivity (Wildman–Crippen MR) is 41.6 cm³/mol. The average molecular weight is 342 g/mol. The molecule has 0 saturated heterocycles. The van der Waals surface area contributed by atoms with Crippen molar-refractivity contribution in [3.8, 4) is 0 Å². The van der Waals surface area contributed by atoms with Gasteiger partial charge in [-0.1, -0.05) is 3.89 Å². The van der Waals surface area contributed by atoms with Gasteiger partial charge in [-0.25, -0.2) is 4.74 Å². The van der Waals surface area contributed by atoms with Crippen LogP contribution in [0.5, 0.6) is 0 Å². The standard InChI is InChI=1S/C6H3F9O4S/c7-3(8,1-2-16)4(9,10)19-5(11,12)6(13,14)20(15,17)18/h2H,1H2. The lowest BCUT2D eigenvalue weighted by Crippen LogP contribution is -2.55. The Balaban J connectivity index is 5.55. The molecule has 4 nitrogen and oxygen atoms in total. The van der Waals surface area contributed by atoms with Gasteiger partial charge < -0.3 is 4.79 Å². The molecule has 120 valence electrons. The highest BCUT2D eigenvalue weighted by Crippen LogP contribution is 2.47. The summed E-state index contributed by atoms with van der Waals surface area (Å²) in [6.07, 6.45) is -16.5. The van der Waals surface area contributed by atoms with Gasteiger partial charge in [0.2, 0.25) is 0 Å². The molecular weight excluding hydrogens is 339 g/mol. The molecule has 0 aromatic rings. The van der Waals surface area contributed by atoms with Crippen molar-refractivity contribution in [2.45, 2.75) is 29.8 Å². The van der Waals surface area contributed by atoms with E-state index in [1.807, 2.05) is 0 Å². The van der Waals surface area contributed by atoms with Crippen molar-refractivity contribution in [3.63, 3.8) is 0 Å². The van der Waals surface area contributed by atoms with Crippen LogP contribution in [-0.4, -0.2) is 38.1 Å². The number of ether oxygens (including phenoxy) is 1. The van der Waals surface area contributed by atoms with Crippen molar-refractivity contribution in [3.05, 3.63) is 0 Å². The highest BCUT2D eigenvalue weighted by molar-refractivity contribution is 7.87. The molecule has 0 rings (SSSR count). The van der Waals surface area contributed by atoms with Gasteiger partial charge in [-0.05, 0) is 0 Å². The smallest absolute Gasteiger partial charge is 0.303 e. The molecule has 14 heteroatoms. The summed E-state index contributed by atoms with van der Waals surface area (Å²) in [6.45, 7) is 0. The lowest BCUT2D eigenvalue weighted by Gasteiger charge is -2.30. The topological polar surface area (TPSA) is 60.4 Å². The molecule has 0 bridgehead atoms. The van der Waals surface area contributed by atoms with Gasteiger partial charge in [0, 0.05) is 0 Å². The number of carbonyl (C=O) groups excluding carboxylic acids is 1. The summed E-state index contributed by atoms with van der Waals surface area (Å²) in [7, 11) is -7.45. The summed E-state index contributed by atoms with van der Waals surface area (Å²) >= 11 is 0. The van der Waals surface area contributed by atoms with E-state index in [2.05, 4.69) is 0 Å². The zero-order valence-electron chi connectivity index (χ0n) is 8.73. The molecule has 0 unspecified atom stereocenters. The molecule has 0 aromatic heterocycles. The number of rotatable bonds is 7. The SMILES string of the molecule is O=CCC(F)(F)C(F)(F)OC(F)(F)C(F)(F)S(=O)(=O)F. The molecule has 0 saturated carbocycles. The molecule has 0 fully saturated rings. The van der Waals surface area contributed by atoms with Crippen LogP contribution in [0.4, 0.5) is 39.0 Å². The highest BCUT2D eigenvalue weighted by Gasteiger charge is 2.74. The summed E-state index contributed by atoms with van der Waals surface area (Å²) in [5.41, 5.74) is 0. The van der Waals surface area contributed by atoms with Gasteiger partial charge in [0.15, 0.2) is 0 Å². The van der Waals surface area contributed by atoms with Gasteiger partial charge in [-0.3, -0.25) is 0 Å². The highest BCUT2D eigenvalue weighted by atomic mass is 32.3. The molecule has 20 heavy (non-hydrogen) atoms. The minimum Gasteiger partial charge on any atom is -0.303 e. The van der Waals surface area contributed by atoms with E-state index in [1.165, 1.54) is 0 Å². The fourth-order valence-electron chi connectivity index (χ4n) is 0.660. The average Bonchev–Trinajstić information content (AvgIpc) is 2.13. The fraction of sp³-hybridized carbons (Fsp3) is 0.833. The minimum atomic E-state index is -7.45. The van der Waals surface area contributed by atoms with Crippen molar-refractivity contribution in [1.82, 2.24) is 0 Å². The van der Waals surface area contributed by atoms with E-state index in [1.54, 1.807) is 4.74 Å². The second kappa shape index (κ2) is 5.05. The third-order valence-corrected chi connectivity index (χ3v) is 2.52. The summed E-state index contributed by atoms with van der Waals surface area (Å²) in [5.74, 6) is -5.66. The second-order valence-electron chi connectivity index (χ2n) is 3.17. The van der Waals surface area contributed by atoms with Crippen LogP contribution >= 0.6 is 0 Å². The van der Waals surface area contributed by atoms with Crippen LogP contribution in [0.25, 0.3) is 0 Å². The minimum absolute atomic E-state index is 0.862. The van der Waals surface area contributed by atoms with Gasteiger partial charge in [0.25, 0.3) is 0 Å². The summed E-state index contributed by atoms with van der Waals surface area (Å²) < 4.78 is 133. The molecular formula is C6H3F9O4S. The Kier molecular flexibility index (Phi) is 4.79. The van der Waals surface area contributed by atoms with Crippen LogP contribution in [0, 0.1) is 0 Å². The first-order valence-electron chi connectivity index (χ1n) is 4.11. The van der Waals surface area contributed by atoms with Crippen LogP contribution in [0.3, 0.4) is 0 Å². The molecule has 0 atom stereocenters. The number of alkyl halides is 8. The predicted octanol–water partition coefficient (Wildman–Crippen LogP) is 2.31. The number of carbonyl (C=O) groups is 1. The second-order valence-corrected chi connectivity index (χ2v) is 4.55. The molecule has 0 aromatic carbocycles. The molecule has 0 amide bonds. The normalized spacial score (nSPS) is 15.2. The van der Waals surface area contributed by atoms with Crippen LogP contribution in [0.1, 0.15) is 6.42 Å². The van der Waals surface area contributed by atoms with Crippen molar-refractivity contribution < 1.29 is 57.0 Å². The van der Waals surface area contributed by atoms with Crippen LogP contribution in [0.15, 0.2) is 0 Å². The Labute approximate surface area is 104 Å². The lowest BCUT2D eigenvalue weighted by atomic mass is 10.2. The summed E-state index contributed by atoms with van der Waals surface area (Å²) in [6, 6.07) is 0. The maximum Gasteiger partial charge on any atom is 0.464 e. The Morgan fingerprint density at radius 3 is 1.60 bits per heavy atom. The Hall–Kier alpha value is -1.05. The zero-order chi connectivity index (χ0) is 16.6. The van der Waals surface area contributed by atoms with E-state index >= 15 is 0 Å². The van der Waals surface area contributed by atoms with Crippen molar-refractivity contribution in [1.29, 1.82) is 0 Å². The molecule has 0 aliphatic heterocycles. The molecule has 0 radical (unpaired) electrons. The first-order chi connectivity index (χ1) is 8.52. The first kappa shape index (κ1) is 18.9. The monoisotopic (exact) mass is 342 g/mol. The third kappa shape index (κ3) is 3.34. The fourth-order valence-corrected chi connectivity index (χ4v) is 0.986. The van der Waals surface area contributed by atoms with Crippen LogP contribution < -0.4 is 0 Å². The quantitative estimate of drug-likeness (QED) is 0.405. The Morgan fingerprint density at radius 2 is 1.30 bits per heavy atom. The van der Waals surface area contributed by atoms with E-state index in [-0.39, 0.29) is 0 Å². The Morgan fingerprint density at radius 1 is 0.900 bits per heavy atom. The molecule has 0 aliphatic rings. The van der Waals surface area contributed by atoms with E-state index in [0.29, 0.717) is 0 Å². The van der Waals surface area contributed by atoms with E-state index in [4.69, 9.17) is 0 Å². The maximum atomic E-state index is 12.5. The zero-order valence-corrected chi connectivity index (χ0v) is 9.54. The summed E-state index contributed by atoms with van der Waals surface area (Å²) in [4.78, 5) is 9.63. The number of halogens is 9. The van der Waals surface area contributed by atoms with Crippen LogP contribution in [0.2, 0.25) is 0 Å². The Bertz CT molecular complexity index is 471. The van der Waals surface area contributed by atoms with E-state index < -0.39 is 46.3 Å². The molecule has 0 heterocycles. The first-order valence-corrected chi connectivity index (χ1v) is 5.49. The summed E-state index contributed by atoms with van der Waals surface area (Å²) in [5, 5.41) is -6.85. The van der Waals surface area contributed by atoms with Gasteiger partial charge >= 0.3 is 33.6 Å². The maximum absolute atomic E-state index is 12.5. The van der Waals surface area contributed by atoms with Crippen molar-refractivity contribution >= 4 is 16.5 Å². The van der Waals surface area contributed by atoms with Gasteiger partial charge in [0.05, 0.1) is 6.42 Å². The lowest BCUT2D eigenvalue weighted by molar-refractivity contribution is -0.455. The molecule has 0 N–H and O–H groups in total. The van der Waals surface area contributed by atoms with E-state index in [9.17, 15) is 52.2 Å². The van der Waals surface area contributed by atoms with Crippen molar-refractivity contribution in [2.75, 3.05) is 0 Å². The van der Waals surface area contributed by atoms with Crippen molar-refractivity contribution in [2.24, 2.45) is 0 Å². The number of hydrogen-bond acceptors (Lipinski definition) is 4. The van der Waals surface area contributed by atoms with Gasteiger partial charge in [-0.2, -0.15) is 43.5 Å². The third-order valence-electron chi connectivity index (χ3n) is 1.67. The van der Waals surface area contributed by atoms with Crippen LogP contribution in [-0.2, 0) is 19.8 Å². The van der Waals surface area contributed by atoms with Gasteiger partial charge in [0.1, 0.15) is 6.29 Å². The number of aldehydes is 1. The number of hydrogen-bond donors (Lipinski definition) is 0. The molecule has 0 aliphatic carbocycles.